The number of aryl methyl sites for hydroxylation is 4. The lowest BCUT2D eigenvalue weighted by molar-refractivity contribution is -0.275. The van der Waals surface area contributed by atoms with Crippen LogP contribution in [-0.2, 0) is 25.7 Å². The van der Waals surface area contributed by atoms with Crippen LogP contribution in [0.3, 0.4) is 0 Å². The van der Waals surface area contributed by atoms with Gasteiger partial charge in [0.1, 0.15) is 11.5 Å². The molecule has 0 N–H and O–H groups in total. The molecule has 0 aliphatic heterocycles. The van der Waals surface area contributed by atoms with Crippen LogP contribution in [0, 0.1) is 11.8 Å². The zero-order valence-corrected chi connectivity index (χ0v) is 35.1. The fourth-order valence-electron chi connectivity index (χ4n) is 8.95. The van der Waals surface area contributed by atoms with Gasteiger partial charge in [0.15, 0.2) is 0 Å². The number of halogens is 6. The van der Waals surface area contributed by atoms with E-state index in [4.69, 9.17) is 0 Å². The lowest BCUT2D eigenvalue weighted by Crippen LogP contribution is -2.17. The number of ether oxygens (including phenoxy) is 2. The molecule has 6 rings (SSSR count). The predicted molar refractivity (Wildman–Crippen MR) is 227 cm³/mol. The van der Waals surface area contributed by atoms with Crippen molar-refractivity contribution in [3.05, 3.63) is 130 Å². The number of hydrogen-bond acceptors (Lipinski definition) is 2. The minimum absolute atomic E-state index is 0.171. The van der Waals surface area contributed by atoms with E-state index >= 15 is 0 Å². The minimum Gasteiger partial charge on any atom is -0.406 e. The maximum absolute atomic E-state index is 12.2. The Morgan fingerprint density at radius 2 is 0.712 bits per heavy atom. The zero-order valence-electron chi connectivity index (χ0n) is 35.1. The van der Waals surface area contributed by atoms with Crippen LogP contribution in [0.1, 0.15) is 155 Å². The molecule has 0 amide bonds. The van der Waals surface area contributed by atoms with E-state index in [1.165, 1.54) is 143 Å². The van der Waals surface area contributed by atoms with Crippen molar-refractivity contribution in [1.29, 1.82) is 0 Å². The van der Waals surface area contributed by atoms with Crippen molar-refractivity contribution in [2.24, 2.45) is 11.8 Å². The number of hydrogen-bond donors (Lipinski definition) is 0. The van der Waals surface area contributed by atoms with Crippen LogP contribution in [0.15, 0.2) is 97.1 Å². The fraction of sp³-hybridized carbons (Fsp3) is 0.529. The first-order chi connectivity index (χ1) is 28.4. The number of alkyl halides is 6. The van der Waals surface area contributed by atoms with Gasteiger partial charge in [0.25, 0.3) is 0 Å². The highest BCUT2D eigenvalue weighted by molar-refractivity contribution is 5.31. The van der Waals surface area contributed by atoms with Gasteiger partial charge in [-0.25, -0.2) is 0 Å². The Bertz CT molecular complexity index is 1730. The third kappa shape index (κ3) is 16.9. The van der Waals surface area contributed by atoms with E-state index in [1.807, 2.05) is 0 Å². The number of benzene rings is 4. The van der Waals surface area contributed by atoms with Crippen LogP contribution in [-0.4, -0.2) is 12.7 Å². The molecule has 0 saturated heterocycles. The summed E-state index contributed by atoms with van der Waals surface area (Å²) in [6.45, 7) is 4.54. The van der Waals surface area contributed by atoms with E-state index in [0.29, 0.717) is 11.8 Å². The summed E-state index contributed by atoms with van der Waals surface area (Å²) in [4.78, 5) is 0. The molecule has 2 aliphatic rings. The van der Waals surface area contributed by atoms with Crippen molar-refractivity contribution >= 4 is 0 Å². The van der Waals surface area contributed by atoms with Gasteiger partial charge in [-0.1, -0.05) is 132 Å². The van der Waals surface area contributed by atoms with E-state index in [2.05, 4.69) is 71.9 Å². The largest absolute Gasteiger partial charge is 0.573 e. The molecule has 2 aliphatic carbocycles. The van der Waals surface area contributed by atoms with Crippen LogP contribution >= 0.6 is 0 Å². The molecule has 0 unspecified atom stereocenters. The second-order valence-corrected chi connectivity index (χ2v) is 16.9. The topological polar surface area (TPSA) is 18.5 Å². The van der Waals surface area contributed by atoms with Gasteiger partial charge in [0.05, 0.1) is 0 Å². The Labute approximate surface area is 349 Å². The molecule has 59 heavy (non-hydrogen) atoms. The normalized spacial score (nSPS) is 19.7. The number of unbranched alkanes of at least 4 members (excludes halogenated alkanes) is 3. The number of rotatable bonds is 17. The van der Waals surface area contributed by atoms with Gasteiger partial charge < -0.3 is 9.47 Å². The predicted octanol–water partition coefficient (Wildman–Crippen LogP) is 16.1. The highest BCUT2D eigenvalue weighted by Gasteiger charge is 2.32. The van der Waals surface area contributed by atoms with E-state index < -0.39 is 12.7 Å². The summed E-state index contributed by atoms with van der Waals surface area (Å²) >= 11 is 0. The van der Waals surface area contributed by atoms with Gasteiger partial charge in [0, 0.05) is 0 Å². The summed E-state index contributed by atoms with van der Waals surface area (Å²) in [7, 11) is 0. The summed E-state index contributed by atoms with van der Waals surface area (Å²) in [6.07, 6.45) is 14.3. The first kappa shape index (κ1) is 46.1. The Morgan fingerprint density at radius 3 is 1.02 bits per heavy atom. The van der Waals surface area contributed by atoms with Gasteiger partial charge in [-0.2, -0.15) is 0 Å². The minimum atomic E-state index is -4.64. The third-order valence-corrected chi connectivity index (χ3v) is 12.5. The van der Waals surface area contributed by atoms with Gasteiger partial charge in [0.2, 0.25) is 0 Å². The Morgan fingerprint density at radius 1 is 0.407 bits per heavy atom. The monoisotopic (exact) mass is 822 g/mol. The lowest BCUT2D eigenvalue weighted by atomic mass is 9.77. The molecular weight excluding hydrogens is 759 g/mol. The molecule has 2 nitrogen and oxygen atoms in total. The highest BCUT2D eigenvalue weighted by Crippen LogP contribution is 2.39. The molecule has 4 aromatic rings. The standard InChI is InChI=1S/C26H33F3O.C25H31F3O/c1-2-3-4-5-20-8-14-23(15-9-20)24-16-10-21(11-17-24)6-7-22-12-18-25(19-13-22)30-26(27,28)29;1-2-3-4-19-7-13-22(14-8-19)23-15-9-20(10-16-23)5-6-21-11-17-24(18-12-21)29-25(26,27)28/h10-13,16-20,23H,2-9,14-15H2,1H3;9-12,15-19,22H,2-8,13-14H2,1H3. The molecule has 2 saturated carbocycles. The maximum atomic E-state index is 12.2. The van der Waals surface area contributed by atoms with Crippen molar-refractivity contribution in [3.63, 3.8) is 0 Å². The summed E-state index contributed by atoms with van der Waals surface area (Å²) in [5.74, 6) is 2.91. The van der Waals surface area contributed by atoms with Crippen LogP contribution in [0.2, 0.25) is 0 Å². The van der Waals surface area contributed by atoms with E-state index in [9.17, 15) is 26.3 Å². The van der Waals surface area contributed by atoms with Crippen molar-refractivity contribution in [2.45, 2.75) is 160 Å². The molecule has 322 valence electrons. The van der Waals surface area contributed by atoms with Crippen LogP contribution in [0.4, 0.5) is 26.3 Å². The van der Waals surface area contributed by atoms with Gasteiger partial charge in [-0.15, -0.1) is 26.3 Å². The van der Waals surface area contributed by atoms with Gasteiger partial charge >= 0.3 is 12.7 Å². The zero-order chi connectivity index (χ0) is 42.1. The van der Waals surface area contributed by atoms with Crippen molar-refractivity contribution in [2.75, 3.05) is 0 Å². The van der Waals surface area contributed by atoms with Gasteiger partial charge in [-0.3, -0.25) is 0 Å². The van der Waals surface area contributed by atoms with Crippen LogP contribution < -0.4 is 9.47 Å². The van der Waals surface area contributed by atoms with Crippen molar-refractivity contribution < 1.29 is 35.8 Å². The van der Waals surface area contributed by atoms with Crippen LogP contribution in [0.5, 0.6) is 11.5 Å². The molecule has 8 heteroatoms. The Hall–Kier alpha value is -3.94. The Balaban J connectivity index is 0.000000224. The first-order valence-electron chi connectivity index (χ1n) is 22.2. The summed E-state index contributed by atoms with van der Waals surface area (Å²) in [6, 6.07) is 30.3. The SMILES string of the molecule is CCCCC1CCC(c2ccc(CCc3ccc(OC(F)(F)F)cc3)cc2)CC1.CCCCCC1CCC(c2ccc(CCc3ccc(OC(F)(F)F)cc3)cc2)CC1. The van der Waals surface area contributed by atoms with Crippen molar-refractivity contribution in [3.8, 4) is 11.5 Å². The van der Waals surface area contributed by atoms with Crippen molar-refractivity contribution in [1.82, 2.24) is 0 Å². The maximum Gasteiger partial charge on any atom is 0.573 e. The molecule has 0 atom stereocenters. The molecule has 0 bridgehead atoms. The quantitative estimate of drug-likeness (QED) is 0.0780. The molecule has 4 aromatic carbocycles. The van der Waals surface area contributed by atoms with E-state index in [1.54, 1.807) is 24.3 Å². The molecular formula is C51H64F6O2. The second kappa shape index (κ2) is 23.2. The second-order valence-electron chi connectivity index (χ2n) is 16.9. The fourth-order valence-corrected chi connectivity index (χ4v) is 8.95. The van der Waals surface area contributed by atoms with Gasteiger partial charge in [-0.05, 0) is 158 Å². The molecule has 0 aromatic heterocycles. The Kier molecular flexibility index (Phi) is 18.1. The summed E-state index contributed by atoms with van der Waals surface area (Å²) < 4.78 is 81.2. The average Bonchev–Trinajstić information content (AvgIpc) is 3.22. The summed E-state index contributed by atoms with van der Waals surface area (Å²) in [5.41, 5.74) is 7.46. The average molecular weight is 823 g/mol. The molecule has 2 fully saturated rings. The lowest BCUT2D eigenvalue weighted by Gasteiger charge is -2.29. The van der Waals surface area contributed by atoms with Crippen LogP contribution in [0.25, 0.3) is 0 Å². The third-order valence-electron chi connectivity index (χ3n) is 12.5. The molecule has 0 spiro atoms. The smallest absolute Gasteiger partial charge is 0.406 e. The molecule has 0 radical (unpaired) electrons. The summed E-state index contributed by atoms with van der Waals surface area (Å²) in [5, 5.41) is 0. The van der Waals surface area contributed by atoms with E-state index in [-0.39, 0.29) is 11.5 Å². The van der Waals surface area contributed by atoms with E-state index in [0.717, 1.165) is 48.6 Å². The molecule has 0 heterocycles. The highest BCUT2D eigenvalue weighted by atomic mass is 19.4. The first-order valence-corrected chi connectivity index (χ1v) is 22.2.